The number of nitrogens with zero attached hydrogens (tertiary/aromatic N) is 2. The quantitative estimate of drug-likeness (QED) is 0.256. The van der Waals surface area contributed by atoms with Crippen LogP contribution in [-0.2, 0) is 26.0 Å². The number of halogens is 1. The fraction of sp³-hybridized carbons (Fsp3) is 0.355. The van der Waals surface area contributed by atoms with Crippen LogP contribution in [0.15, 0.2) is 77.7 Å². The van der Waals surface area contributed by atoms with Gasteiger partial charge in [0.1, 0.15) is 18.3 Å². The molecule has 3 aromatic rings. The van der Waals surface area contributed by atoms with Crippen LogP contribution in [-0.4, -0.2) is 57.9 Å². The van der Waals surface area contributed by atoms with Crippen molar-refractivity contribution in [2.75, 3.05) is 31.0 Å². The number of anilines is 1. The van der Waals surface area contributed by atoms with E-state index >= 15 is 0 Å². The van der Waals surface area contributed by atoms with Gasteiger partial charge < -0.3 is 15.0 Å². The molecule has 1 N–H and O–H groups in total. The van der Waals surface area contributed by atoms with Crippen molar-refractivity contribution in [3.63, 3.8) is 0 Å². The van der Waals surface area contributed by atoms with Crippen LogP contribution in [0.4, 0.5) is 5.69 Å². The molecule has 0 spiro atoms. The van der Waals surface area contributed by atoms with Crippen molar-refractivity contribution in [1.82, 2.24) is 10.2 Å². The zero-order valence-corrected chi connectivity index (χ0v) is 25.5. The lowest BCUT2D eigenvalue weighted by molar-refractivity contribution is -0.138. The number of rotatable bonds is 14. The Kier molecular flexibility index (Phi) is 11.6. The molecule has 3 aromatic carbocycles. The minimum atomic E-state index is -4.23. The van der Waals surface area contributed by atoms with Crippen LogP contribution >= 0.6 is 11.6 Å². The third kappa shape index (κ3) is 8.47. The average molecular weight is 600 g/mol. The molecule has 0 fully saturated rings. The Labute approximate surface area is 248 Å². The van der Waals surface area contributed by atoms with E-state index in [4.69, 9.17) is 16.3 Å². The number of hydrogen-bond donors (Lipinski definition) is 1. The molecule has 0 aliphatic carbocycles. The van der Waals surface area contributed by atoms with Gasteiger partial charge in [-0.2, -0.15) is 0 Å². The minimum Gasteiger partial charge on any atom is -0.495 e. The Morgan fingerprint density at radius 2 is 1.71 bits per heavy atom. The van der Waals surface area contributed by atoms with Gasteiger partial charge in [0.25, 0.3) is 10.0 Å². The van der Waals surface area contributed by atoms with Crippen LogP contribution in [0.1, 0.15) is 37.8 Å². The summed E-state index contributed by atoms with van der Waals surface area (Å²) in [5.41, 5.74) is 2.00. The van der Waals surface area contributed by atoms with Gasteiger partial charge >= 0.3 is 0 Å². The first-order valence-electron chi connectivity index (χ1n) is 13.6. The van der Waals surface area contributed by atoms with Crippen LogP contribution in [0, 0.1) is 6.92 Å². The molecular weight excluding hydrogens is 562 g/mol. The zero-order chi connectivity index (χ0) is 30.0. The van der Waals surface area contributed by atoms with Crippen molar-refractivity contribution in [2.45, 2.75) is 51.0 Å². The van der Waals surface area contributed by atoms with E-state index in [1.165, 1.54) is 30.2 Å². The maximum atomic E-state index is 14.0. The minimum absolute atomic E-state index is 0.0131. The van der Waals surface area contributed by atoms with Gasteiger partial charge in [-0.05, 0) is 62.6 Å². The second kappa shape index (κ2) is 14.9. The number of amides is 2. The van der Waals surface area contributed by atoms with Crippen molar-refractivity contribution in [1.29, 1.82) is 0 Å². The van der Waals surface area contributed by atoms with Gasteiger partial charge in [0.15, 0.2) is 0 Å². The van der Waals surface area contributed by atoms with Gasteiger partial charge in [0.05, 0.1) is 17.7 Å². The predicted molar refractivity (Wildman–Crippen MR) is 163 cm³/mol. The molecule has 8 nitrogen and oxygen atoms in total. The van der Waals surface area contributed by atoms with E-state index in [0.29, 0.717) is 13.0 Å². The first-order chi connectivity index (χ1) is 19.6. The first kappa shape index (κ1) is 32.0. The largest absolute Gasteiger partial charge is 0.495 e. The second-order valence-corrected chi connectivity index (χ2v) is 12.1. The van der Waals surface area contributed by atoms with E-state index in [0.717, 1.165) is 28.3 Å². The molecule has 0 aromatic heterocycles. The lowest BCUT2D eigenvalue weighted by Gasteiger charge is -2.32. The van der Waals surface area contributed by atoms with Crippen molar-refractivity contribution in [2.24, 2.45) is 0 Å². The van der Waals surface area contributed by atoms with E-state index in [2.05, 4.69) is 5.32 Å². The van der Waals surface area contributed by atoms with Gasteiger partial charge in [0, 0.05) is 18.1 Å². The number of unbranched alkanes of at least 4 members (excludes halogenated alkanes) is 1. The molecule has 0 aliphatic heterocycles. The average Bonchev–Trinajstić information content (AvgIpc) is 2.96. The molecule has 1 atom stereocenters. The number of hydrogen-bond acceptors (Lipinski definition) is 5. The molecule has 0 heterocycles. The van der Waals surface area contributed by atoms with E-state index in [1.54, 1.807) is 31.2 Å². The molecule has 0 unspecified atom stereocenters. The first-order valence-corrected chi connectivity index (χ1v) is 15.4. The van der Waals surface area contributed by atoms with Crippen LogP contribution in [0.25, 0.3) is 0 Å². The SMILES string of the molecule is CCCCNC(=O)[C@@H](C)N(CCc1ccccc1)C(=O)CN(c1cc(Cl)ccc1OC)S(=O)(=O)c1ccc(C)cc1. The highest BCUT2D eigenvalue weighted by molar-refractivity contribution is 7.92. The van der Waals surface area contributed by atoms with Gasteiger partial charge in [-0.25, -0.2) is 8.42 Å². The lowest BCUT2D eigenvalue weighted by Crippen LogP contribution is -2.52. The Hall–Kier alpha value is -3.56. The fourth-order valence-electron chi connectivity index (χ4n) is 4.31. The van der Waals surface area contributed by atoms with Crippen molar-refractivity contribution in [3.05, 3.63) is 88.9 Å². The normalized spacial score (nSPS) is 11.9. The molecule has 220 valence electrons. The Morgan fingerprint density at radius 1 is 1.02 bits per heavy atom. The zero-order valence-electron chi connectivity index (χ0n) is 24.0. The second-order valence-electron chi connectivity index (χ2n) is 9.78. The number of methoxy groups -OCH3 is 1. The van der Waals surface area contributed by atoms with Gasteiger partial charge in [0.2, 0.25) is 11.8 Å². The third-order valence-electron chi connectivity index (χ3n) is 6.78. The predicted octanol–water partition coefficient (Wildman–Crippen LogP) is 5.23. The van der Waals surface area contributed by atoms with Crippen LogP contribution in [0.5, 0.6) is 5.75 Å². The topological polar surface area (TPSA) is 96.0 Å². The summed E-state index contributed by atoms with van der Waals surface area (Å²) in [6, 6.07) is 19.7. The van der Waals surface area contributed by atoms with Crippen LogP contribution in [0.2, 0.25) is 5.02 Å². The Bertz CT molecular complexity index is 1420. The number of benzene rings is 3. The molecule has 0 saturated heterocycles. The number of ether oxygens (including phenoxy) is 1. The van der Waals surface area contributed by atoms with E-state index in [1.807, 2.05) is 44.2 Å². The maximum Gasteiger partial charge on any atom is 0.264 e. The number of carbonyl (C=O) groups is 2. The number of sulfonamides is 1. The third-order valence-corrected chi connectivity index (χ3v) is 8.79. The van der Waals surface area contributed by atoms with Gasteiger partial charge in [-0.3, -0.25) is 13.9 Å². The molecule has 41 heavy (non-hydrogen) atoms. The van der Waals surface area contributed by atoms with E-state index in [-0.39, 0.29) is 33.8 Å². The summed E-state index contributed by atoms with van der Waals surface area (Å²) in [6.45, 7) is 5.69. The molecule has 0 radical (unpaired) electrons. The van der Waals surface area contributed by atoms with E-state index < -0.39 is 28.5 Å². The van der Waals surface area contributed by atoms with Crippen molar-refractivity contribution in [3.8, 4) is 5.75 Å². The number of carbonyl (C=O) groups excluding carboxylic acids is 2. The Morgan fingerprint density at radius 3 is 2.34 bits per heavy atom. The van der Waals surface area contributed by atoms with Gasteiger partial charge in [-0.1, -0.05) is 73.0 Å². The summed E-state index contributed by atoms with van der Waals surface area (Å²) >= 11 is 6.28. The summed E-state index contributed by atoms with van der Waals surface area (Å²) in [7, 11) is -2.82. The summed E-state index contributed by atoms with van der Waals surface area (Å²) < 4.78 is 34.5. The summed E-state index contributed by atoms with van der Waals surface area (Å²) in [4.78, 5) is 28.5. The highest BCUT2D eigenvalue weighted by Gasteiger charge is 2.33. The van der Waals surface area contributed by atoms with Gasteiger partial charge in [-0.15, -0.1) is 0 Å². The molecule has 10 heteroatoms. The smallest absolute Gasteiger partial charge is 0.264 e. The molecule has 0 bridgehead atoms. The number of aryl methyl sites for hydroxylation is 1. The van der Waals surface area contributed by atoms with E-state index in [9.17, 15) is 18.0 Å². The highest BCUT2D eigenvalue weighted by atomic mass is 35.5. The maximum absolute atomic E-state index is 14.0. The number of nitrogens with one attached hydrogen (secondary N) is 1. The Balaban J connectivity index is 2.02. The summed E-state index contributed by atoms with van der Waals surface area (Å²) in [5.74, 6) is -0.594. The summed E-state index contributed by atoms with van der Waals surface area (Å²) in [6.07, 6.45) is 2.22. The molecule has 0 saturated carbocycles. The monoisotopic (exact) mass is 599 g/mol. The van der Waals surface area contributed by atoms with Crippen molar-refractivity contribution >= 4 is 39.1 Å². The van der Waals surface area contributed by atoms with Crippen LogP contribution < -0.4 is 14.4 Å². The molecule has 3 rings (SSSR count). The summed E-state index contributed by atoms with van der Waals surface area (Å²) in [5, 5.41) is 3.17. The molecular formula is C31H38ClN3O5S. The van der Waals surface area contributed by atoms with Crippen LogP contribution in [0.3, 0.4) is 0 Å². The van der Waals surface area contributed by atoms with Crippen molar-refractivity contribution < 1.29 is 22.7 Å². The molecule has 2 amide bonds. The standard InChI is InChI=1S/C31H38ClN3O5S/c1-5-6-19-33-31(37)24(3)34(20-18-25-10-8-7-9-11-25)30(36)22-35(28-21-26(32)14-17-29(28)40-4)41(38,39)27-15-12-23(2)13-16-27/h7-17,21,24H,5-6,18-20,22H2,1-4H3,(H,33,37)/t24-/m1/s1. The highest BCUT2D eigenvalue weighted by Crippen LogP contribution is 2.35. The fourth-order valence-corrected chi connectivity index (χ4v) is 5.90. The molecule has 0 aliphatic rings. The lowest BCUT2D eigenvalue weighted by atomic mass is 10.1.